The Balaban J connectivity index is 2.26. The van der Waals surface area contributed by atoms with Crippen molar-refractivity contribution in [2.75, 3.05) is 0 Å². The molecule has 0 radical (unpaired) electrons. The first-order valence-electron chi connectivity index (χ1n) is 5.82. The summed E-state index contributed by atoms with van der Waals surface area (Å²) in [5.74, 6) is -0.246. The molecule has 0 heterocycles. The Labute approximate surface area is 106 Å². The maximum Gasteiger partial charge on any atom is 0.251 e. The summed E-state index contributed by atoms with van der Waals surface area (Å²) in [6.45, 7) is 1.65. The number of nitrogens with one attached hydrogen (secondary N) is 1. The highest BCUT2D eigenvalue weighted by molar-refractivity contribution is 7.89. The summed E-state index contributed by atoms with van der Waals surface area (Å²) in [7, 11) is -3.79. The fraction of sp³-hybridized carbons (Fsp3) is 0.417. The van der Waals surface area contributed by atoms with E-state index in [1.807, 2.05) is 0 Å². The standard InChI is InChI=1S/C12H16N2O3S/c1-8-5-6-9(7-11(8)18(13,16)17)12(15)14-10-3-2-4-10/h5-7,10H,2-4H2,1H3,(H,14,15)(H2,13,16,17). The molecule has 6 heteroatoms. The summed E-state index contributed by atoms with van der Waals surface area (Å²) in [5.41, 5.74) is 0.870. The molecule has 3 N–H and O–H groups in total. The van der Waals surface area contributed by atoms with Gasteiger partial charge in [-0.15, -0.1) is 0 Å². The Hall–Kier alpha value is -1.40. The van der Waals surface area contributed by atoms with E-state index in [-0.39, 0.29) is 16.8 Å². The number of primary sulfonamides is 1. The summed E-state index contributed by atoms with van der Waals surface area (Å²) in [4.78, 5) is 11.9. The van der Waals surface area contributed by atoms with Gasteiger partial charge in [0.25, 0.3) is 5.91 Å². The fourth-order valence-corrected chi connectivity index (χ4v) is 2.68. The van der Waals surface area contributed by atoms with Crippen LogP contribution in [0.1, 0.15) is 35.2 Å². The number of amides is 1. The Kier molecular flexibility index (Phi) is 3.41. The molecule has 1 amide bonds. The summed E-state index contributed by atoms with van der Waals surface area (Å²) in [5, 5.41) is 7.96. The van der Waals surface area contributed by atoms with Gasteiger partial charge in [-0.3, -0.25) is 4.79 Å². The van der Waals surface area contributed by atoms with E-state index >= 15 is 0 Å². The Morgan fingerprint density at radius 3 is 2.56 bits per heavy atom. The molecular formula is C12H16N2O3S. The third-order valence-corrected chi connectivity index (χ3v) is 4.25. The van der Waals surface area contributed by atoms with Gasteiger partial charge < -0.3 is 5.32 Å². The van der Waals surface area contributed by atoms with Gasteiger partial charge in [0.2, 0.25) is 10.0 Å². The maximum atomic E-state index is 11.9. The van der Waals surface area contributed by atoms with Crippen LogP contribution in [0.5, 0.6) is 0 Å². The molecule has 0 spiro atoms. The average molecular weight is 268 g/mol. The summed E-state index contributed by atoms with van der Waals surface area (Å²) < 4.78 is 22.7. The van der Waals surface area contributed by atoms with E-state index in [9.17, 15) is 13.2 Å². The zero-order chi connectivity index (χ0) is 13.3. The lowest BCUT2D eigenvalue weighted by molar-refractivity contribution is 0.0917. The molecule has 0 aliphatic heterocycles. The molecule has 1 aliphatic rings. The molecule has 1 saturated carbocycles. The Morgan fingerprint density at radius 1 is 1.39 bits per heavy atom. The molecule has 1 aromatic rings. The number of benzene rings is 1. The van der Waals surface area contributed by atoms with Crippen LogP contribution in [-0.4, -0.2) is 20.4 Å². The zero-order valence-corrected chi connectivity index (χ0v) is 11.0. The van der Waals surface area contributed by atoms with Crippen LogP contribution in [0, 0.1) is 6.92 Å². The fourth-order valence-electron chi connectivity index (χ4n) is 1.87. The van der Waals surface area contributed by atoms with Gasteiger partial charge in [0.05, 0.1) is 4.90 Å². The Morgan fingerprint density at radius 2 is 2.06 bits per heavy atom. The highest BCUT2D eigenvalue weighted by Crippen LogP contribution is 2.20. The van der Waals surface area contributed by atoms with E-state index in [0.717, 1.165) is 19.3 Å². The van der Waals surface area contributed by atoms with Crippen LogP contribution < -0.4 is 10.5 Å². The summed E-state index contributed by atoms with van der Waals surface area (Å²) in [6.07, 6.45) is 3.10. The first-order chi connectivity index (χ1) is 8.38. The number of hydrogen-bond donors (Lipinski definition) is 2. The second-order valence-corrected chi connectivity index (χ2v) is 6.16. The van der Waals surface area contributed by atoms with E-state index in [4.69, 9.17) is 5.14 Å². The molecule has 0 saturated heterocycles. The number of hydrogen-bond acceptors (Lipinski definition) is 3. The quantitative estimate of drug-likeness (QED) is 0.854. The number of carbonyl (C=O) groups is 1. The van der Waals surface area contributed by atoms with Crippen molar-refractivity contribution in [3.05, 3.63) is 29.3 Å². The van der Waals surface area contributed by atoms with Gasteiger partial charge in [-0.05, 0) is 43.9 Å². The van der Waals surface area contributed by atoms with Crippen molar-refractivity contribution in [3.8, 4) is 0 Å². The third kappa shape index (κ3) is 2.70. The second kappa shape index (κ2) is 4.70. The van der Waals surface area contributed by atoms with Crippen LogP contribution in [0.3, 0.4) is 0 Å². The number of sulfonamides is 1. The third-order valence-electron chi connectivity index (χ3n) is 3.20. The normalized spacial score (nSPS) is 16.1. The zero-order valence-electron chi connectivity index (χ0n) is 10.1. The highest BCUT2D eigenvalue weighted by Gasteiger charge is 2.21. The first kappa shape index (κ1) is 13.0. The van der Waals surface area contributed by atoms with Crippen molar-refractivity contribution in [2.45, 2.75) is 37.1 Å². The molecule has 1 fully saturated rings. The molecule has 0 atom stereocenters. The van der Waals surface area contributed by atoms with Crippen LogP contribution >= 0.6 is 0 Å². The van der Waals surface area contributed by atoms with Gasteiger partial charge in [0.1, 0.15) is 0 Å². The van der Waals surface area contributed by atoms with Crippen LogP contribution in [0.15, 0.2) is 23.1 Å². The molecule has 2 rings (SSSR count). The first-order valence-corrected chi connectivity index (χ1v) is 7.37. The minimum atomic E-state index is -3.79. The number of rotatable bonds is 3. The monoisotopic (exact) mass is 268 g/mol. The minimum Gasteiger partial charge on any atom is -0.349 e. The molecule has 18 heavy (non-hydrogen) atoms. The molecule has 98 valence electrons. The highest BCUT2D eigenvalue weighted by atomic mass is 32.2. The number of carbonyl (C=O) groups excluding carboxylic acids is 1. The van der Waals surface area contributed by atoms with Crippen molar-refractivity contribution in [3.63, 3.8) is 0 Å². The molecule has 1 aliphatic carbocycles. The smallest absolute Gasteiger partial charge is 0.251 e. The topological polar surface area (TPSA) is 89.3 Å². The lowest BCUT2D eigenvalue weighted by Crippen LogP contribution is -2.39. The van der Waals surface area contributed by atoms with Gasteiger partial charge in [0.15, 0.2) is 0 Å². The predicted molar refractivity (Wildman–Crippen MR) is 67.7 cm³/mol. The van der Waals surface area contributed by atoms with Gasteiger partial charge >= 0.3 is 0 Å². The van der Waals surface area contributed by atoms with E-state index in [1.165, 1.54) is 6.07 Å². The van der Waals surface area contributed by atoms with E-state index in [1.54, 1.807) is 19.1 Å². The summed E-state index contributed by atoms with van der Waals surface area (Å²) in [6, 6.07) is 4.75. The van der Waals surface area contributed by atoms with Crippen molar-refractivity contribution >= 4 is 15.9 Å². The number of nitrogens with two attached hydrogens (primary N) is 1. The van der Waals surface area contributed by atoms with Crippen molar-refractivity contribution in [1.29, 1.82) is 0 Å². The van der Waals surface area contributed by atoms with Gasteiger partial charge in [0, 0.05) is 11.6 Å². The van der Waals surface area contributed by atoms with Crippen molar-refractivity contribution < 1.29 is 13.2 Å². The lowest BCUT2D eigenvalue weighted by Gasteiger charge is -2.26. The largest absolute Gasteiger partial charge is 0.349 e. The SMILES string of the molecule is Cc1ccc(C(=O)NC2CCC2)cc1S(N)(=O)=O. The van der Waals surface area contributed by atoms with E-state index in [2.05, 4.69) is 5.32 Å². The van der Waals surface area contributed by atoms with E-state index in [0.29, 0.717) is 11.1 Å². The summed E-state index contributed by atoms with van der Waals surface area (Å²) >= 11 is 0. The predicted octanol–water partition coefficient (Wildman–Crippen LogP) is 0.925. The number of aryl methyl sites for hydroxylation is 1. The Bertz CT molecular complexity index is 577. The van der Waals surface area contributed by atoms with Gasteiger partial charge in [-0.25, -0.2) is 13.6 Å². The van der Waals surface area contributed by atoms with Crippen LogP contribution in [0.4, 0.5) is 0 Å². The van der Waals surface area contributed by atoms with Gasteiger partial charge in [-0.1, -0.05) is 6.07 Å². The van der Waals surface area contributed by atoms with Crippen LogP contribution in [0.2, 0.25) is 0 Å². The lowest BCUT2D eigenvalue weighted by atomic mass is 9.93. The van der Waals surface area contributed by atoms with Crippen molar-refractivity contribution in [1.82, 2.24) is 5.32 Å². The molecule has 0 bridgehead atoms. The second-order valence-electron chi connectivity index (χ2n) is 4.63. The molecular weight excluding hydrogens is 252 g/mol. The van der Waals surface area contributed by atoms with Crippen molar-refractivity contribution in [2.24, 2.45) is 5.14 Å². The van der Waals surface area contributed by atoms with E-state index < -0.39 is 10.0 Å². The molecule has 0 aromatic heterocycles. The minimum absolute atomic E-state index is 0.00348. The van der Waals surface area contributed by atoms with Crippen LogP contribution in [-0.2, 0) is 10.0 Å². The average Bonchev–Trinajstić information content (AvgIpc) is 2.22. The van der Waals surface area contributed by atoms with Crippen LogP contribution in [0.25, 0.3) is 0 Å². The molecule has 0 unspecified atom stereocenters. The van der Waals surface area contributed by atoms with Gasteiger partial charge in [-0.2, -0.15) is 0 Å². The molecule has 1 aromatic carbocycles. The molecule has 5 nitrogen and oxygen atoms in total. The maximum absolute atomic E-state index is 11.9.